The second-order valence-electron chi connectivity index (χ2n) is 45.6. The van der Waals surface area contributed by atoms with E-state index in [-0.39, 0.29) is 40.9 Å². The van der Waals surface area contributed by atoms with Crippen LogP contribution in [0.4, 0.5) is 107 Å². The van der Waals surface area contributed by atoms with Crippen LogP contribution in [0.25, 0.3) is 11.1 Å². The maximum atomic E-state index is 15.8. The summed E-state index contributed by atoms with van der Waals surface area (Å²) in [6.07, 6.45) is 16.6. The van der Waals surface area contributed by atoms with E-state index in [4.69, 9.17) is 0 Å². The lowest BCUT2D eigenvalue weighted by Gasteiger charge is -2.57. The molecule has 0 N–H and O–H groups in total. The second kappa shape index (κ2) is 29.9. The largest absolute Gasteiger partial charge is 0.311 e. The number of rotatable bonds is 15. The highest BCUT2D eigenvalue weighted by Crippen LogP contribution is 2.64. The molecule has 6 nitrogen and oxygen atoms in total. The van der Waals surface area contributed by atoms with E-state index in [1.54, 1.807) is 23.3 Å². The average Bonchev–Trinajstić information content (AvgIpc) is 0.668. The molecule has 6 heterocycles. The topological polar surface area (TPSA) is 19.4 Å². The maximum absolute atomic E-state index is 15.8. The van der Waals surface area contributed by atoms with Gasteiger partial charge in [0.1, 0.15) is 22.0 Å². The van der Waals surface area contributed by atoms with Gasteiger partial charge >= 0.3 is 0 Å². The minimum absolute atomic E-state index is 0.0463. The highest BCUT2D eigenvalue weighted by molar-refractivity contribution is 7.22. The highest BCUT2D eigenvalue weighted by Gasteiger charge is 2.59. The van der Waals surface area contributed by atoms with Crippen LogP contribution in [0.2, 0.25) is 13.1 Å². The first kappa shape index (κ1) is 82.1. The second-order valence-corrected chi connectivity index (χ2v) is 53.4. The van der Waals surface area contributed by atoms with E-state index in [0.717, 1.165) is 109 Å². The molecule has 0 spiro atoms. The van der Waals surface area contributed by atoms with Crippen molar-refractivity contribution >= 4 is 196 Å². The van der Waals surface area contributed by atoms with E-state index < -0.39 is 16.1 Å². The molecule has 8 bridgehead atoms. The molecule has 668 valence electrons. The molecule has 1 atom stereocenters. The van der Waals surface area contributed by atoms with E-state index in [0.29, 0.717) is 0 Å². The van der Waals surface area contributed by atoms with Gasteiger partial charge in [0.2, 0.25) is 0 Å². The molecule has 16 aromatic carbocycles. The van der Waals surface area contributed by atoms with Crippen LogP contribution in [0, 0.1) is 41.3 Å². The molecule has 6 aliphatic heterocycles. The third-order valence-electron chi connectivity index (χ3n) is 35.7. The number of para-hydroxylation sites is 3. The van der Waals surface area contributed by atoms with Crippen LogP contribution in [0.1, 0.15) is 141 Å². The van der Waals surface area contributed by atoms with E-state index in [1.807, 2.05) is 12.1 Å². The Hall–Kier alpha value is -13.2. The number of halogens is 1. The van der Waals surface area contributed by atoms with Crippen LogP contribution in [0.15, 0.2) is 358 Å². The van der Waals surface area contributed by atoms with Crippen LogP contribution in [0.5, 0.6) is 0 Å². The third kappa shape index (κ3) is 12.2. The van der Waals surface area contributed by atoms with Gasteiger partial charge in [0.25, 0.3) is 13.4 Å². The molecule has 0 aromatic heterocycles. The molecule has 8 saturated carbocycles. The molecule has 11 heteroatoms. The summed E-state index contributed by atoms with van der Waals surface area (Å²) >= 11 is 0. The van der Waals surface area contributed by atoms with Gasteiger partial charge in [-0.3, -0.25) is 0 Å². The quantitative estimate of drug-likeness (QED) is 0.0946. The van der Waals surface area contributed by atoms with Gasteiger partial charge in [-0.25, -0.2) is 4.39 Å². The number of hydrogen-bond donors (Lipinski definition) is 0. The summed E-state index contributed by atoms with van der Waals surface area (Å²) in [4.78, 5) is 15.6. The molecular formula is C126H113B2FN6Si2. The number of hydrogen-bond acceptors (Lipinski definition) is 6. The molecule has 14 aliphatic rings. The summed E-state index contributed by atoms with van der Waals surface area (Å²) < 4.78 is 15.8. The van der Waals surface area contributed by atoms with Gasteiger partial charge in [-0.15, -0.1) is 0 Å². The van der Waals surface area contributed by atoms with Crippen molar-refractivity contribution in [3.8, 4) is 11.1 Å². The molecule has 30 rings (SSSR count). The van der Waals surface area contributed by atoms with Crippen molar-refractivity contribution in [1.29, 1.82) is 0 Å². The minimum Gasteiger partial charge on any atom is -0.311 e. The SMILES string of the molecule is CC(C)(C)c1cc(N2c3cc(N(c4ccccc4)c4cccc(-c5ccc([Si]6(C)c7cccc8c7B7c9c(cc(N(c%10ccccc%10)c%10ccccc%10)cc9N(c9ccc(C%10%11CC%12CC(CC(C%12)C%10)C%11)cc9)c9cccc6c97)N8c6ccc(C78CC9CC(CC(C9)C7)C8)cc6)cc5)c4)cc4c3B3c5c(cccc5[Si](C)(c5ccccc5)c5cccc2c53)N4c2ccc(F)cc2)cc(C(C)(C)C)c1. The summed E-state index contributed by atoms with van der Waals surface area (Å²) in [6, 6.07) is 139. The van der Waals surface area contributed by atoms with Gasteiger partial charge in [-0.05, 0) is 368 Å². The van der Waals surface area contributed by atoms with E-state index in [9.17, 15) is 0 Å². The first-order valence-electron chi connectivity index (χ1n) is 50.9. The lowest BCUT2D eigenvalue weighted by molar-refractivity contribution is -0.00530. The Kier molecular flexibility index (Phi) is 17.9. The monoisotopic (exact) mass is 1810 g/mol. The third-order valence-corrected chi connectivity index (χ3v) is 44.8. The van der Waals surface area contributed by atoms with Crippen molar-refractivity contribution in [2.75, 3.05) is 29.4 Å². The van der Waals surface area contributed by atoms with Crippen molar-refractivity contribution in [3.05, 3.63) is 386 Å². The molecule has 137 heavy (non-hydrogen) atoms. The molecular weight excluding hydrogens is 1690 g/mol. The first-order chi connectivity index (χ1) is 66.7. The predicted molar refractivity (Wildman–Crippen MR) is 580 cm³/mol. The Bertz CT molecular complexity index is 7340. The average molecular weight is 1810 g/mol. The molecule has 1 unspecified atom stereocenters. The zero-order valence-electron chi connectivity index (χ0n) is 79.7. The number of benzene rings is 16. The molecule has 0 saturated heterocycles. The Labute approximate surface area is 809 Å². The van der Waals surface area contributed by atoms with E-state index in [2.05, 4.69) is 418 Å². The zero-order chi connectivity index (χ0) is 91.6. The molecule has 0 radical (unpaired) electrons. The van der Waals surface area contributed by atoms with Crippen LogP contribution in [-0.4, -0.2) is 29.6 Å². The maximum Gasteiger partial charge on any atom is 0.251 e. The summed E-state index contributed by atoms with van der Waals surface area (Å²) in [5.74, 6) is 4.85. The Balaban J connectivity index is 0.621. The van der Waals surface area contributed by atoms with Crippen molar-refractivity contribution < 1.29 is 4.39 Å². The Morgan fingerprint density at radius 3 is 0.927 bits per heavy atom. The summed E-state index contributed by atoms with van der Waals surface area (Å²) in [7, 11) is -5.80. The number of nitrogens with zero attached hydrogens (tertiary/aromatic N) is 6. The predicted octanol–water partition coefficient (Wildman–Crippen LogP) is 25.0. The van der Waals surface area contributed by atoms with Crippen molar-refractivity contribution in [2.24, 2.45) is 35.5 Å². The zero-order valence-corrected chi connectivity index (χ0v) is 81.7. The normalized spacial score (nSPS) is 23.5. The lowest BCUT2D eigenvalue weighted by Crippen LogP contribution is -2.83. The van der Waals surface area contributed by atoms with Crippen molar-refractivity contribution in [1.82, 2.24) is 0 Å². The van der Waals surface area contributed by atoms with Gasteiger partial charge in [0, 0.05) is 91.0 Å². The summed E-state index contributed by atoms with van der Waals surface area (Å²) in [5, 5.41) is 8.61. The summed E-state index contributed by atoms with van der Waals surface area (Å²) in [5.41, 5.74) is 37.0. The molecule has 8 aliphatic carbocycles. The van der Waals surface area contributed by atoms with Crippen LogP contribution < -0.4 is 93.3 Å². The fourth-order valence-electron chi connectivity index (χ4n) is 30.4. The van der Waals surface area contributed by atoms with Gasteiger partial charge in [-0.1, -0.05) is 276 Å². The Morgan fingerprint density at radius 1 is 0.270 bits per heavy atom. The fraction of sp³-hybridized carbons (Fsp3) is 0.238. The van der Waals surface area contributed by atoms with Gasteiger partial charge in [0.05, 0.1) is 11.4 Å². The summed E-state index contributed by atoms with van der Waals surface area (Å²) in [6.45, 7) is 19.3. The first-order valence-corrected chi connectivity index (χ1v) is 55.9. The number of anilines is 18. The molecule has 8 fully saturated rings. The Morgan fingerprint density at radius 2 is 0.577 bits per heavy atom. The van der Waals surface area contributed by atoms with E-state index in [1.165, 1.54) is 192 Å². The van der Waals surface area contributed by atoms with Crippen molar-refractivity contribution in [2.45, 2.75) is 153 Å². The van der Waals surface area contributed by atoms with Crippen LogP contribution in [0.3, 0.4) is 0 Å². The minimum atomic E-state index is -3.02. The van der Waals surface area contributed by atoms with Crippen LogP contribution >= 0.6 is 0 Å². The smallest absolute Gasteiger partial charge is 0.251 e. The highest BCUT2D eigenvalue weighted by atomic mass is 28.3. The molecule has 16 aromatic rings. The van der Waals surface area contributed by atoms with Gasteiger partial charge < -0.3 is 29.4 Å². The standard InChI is InChI=1S/C126H113B2FN6Si2/c1-123(2,3)90-67-91(124(4,5)6)69-100(68-90)135-108-39-25-41-114-122(108)128-118-111(134(98-56-50-92(129)51-57-98)107-38-22-40-113(119(107)128)136(114,7)103-34-19-12-20-35-103)72-102(73-112(118)135)131(95-31-17-11-18-32-95)99-33-21-26-87(66-99)86-44-58-104(59-45-86)137(8)115-42-23-36-105-120(115)127-117-109(132(105)96-52-46-88(47-53-96)125-74-80-60-81(75-125)62-82(61-80)76-125)70-101(130(93-27-13-9-14-28-93)94-29-15-10-16-30-94)71-110(117)133(106-37-24-43-116(137)121(106)127)97-54-48-89(49-55-97)126-77-83-63-84(78-126)65-85(64-83)79-126/h9-59,66-73,80-85H,60-65,74-79H2,1-8H3. The van der Waals surface area contributed by atoms with Gasteiger partial charge in [-0.2, -0.15) is 0 Å². The molecule has 0 amide bonds. The van der Waals surface area contributed by atoms with Crippen molar-refractivity contribution in [3.63, 3.8) is 0 Å². The van der Waals surface area contributed by atoms with Crippen LogP contribution in [-0.2, 0) is 21.7 Å². The fourth-order valence-corrected chi connectivity index (χ4v) is 38.9. The lowest BCUT2D eigenvalue weighted by atomic mass is 9.33. The van der Waals surface area contributed by atoms with Gasteiger partial charge in [0.15, 0.2) is 0 Å². The van der Waals surface area contributed by atoms with E-state index >= 15 is 4.39 Å².